The van der Waals surface area contributed by atoms with Crippen LogP contribution in [0, 0.1) is 10.1 Å². The van der Waals surface area contributed by atoms with E-state index >= 15 is 0 Å². The molecule has 1 aromatic heterocycles. The second-order valence-corrected chi connectivity index (χ2v) is 4.84. The second kappa shape index (κ2) is 4.76. The average Bonchev–Trinajstić information content (AvgIpc) is 2.38. The molecule has 104 valence electrons. The maximum atomic E-state index is 11.2. The van der Waals surface area contributed by atoms with E-state index in [1.807, 2.05) is 0 Å². The molecule has 0 bridgehead atoms. The number of carboxylic acid groups (broad SMARTS) is 1. The van der Waals surface area contributed by atoms with E-state index in [9.17, 15) is 14.9 Å². The van der Waals surface area contributed by atoms with Crippen LogP contribution in [0.3, 0.4) is 0 Å². The van der Waals surface area contributed by atoms with Gasteiger partial charge in [0.1, 0.15) is 11.1 Å². The van der Waals surface area contributed by atoms with Crippen molar-refractivity contribution in [2.24, 2.45) is 0 Å². The third kappa shape index (κ3) is 2.37. The molecule has 2 rings (SSSR count). The molecular weight excluding hydrogens is 262 g/mol. The first-order chi connectivity index (χ1) is 9.33. The Morgan fingerprint density at radius 2 is 2.10 bits per heavy atom. The minimum atomic E-state index is -1.20. The number of carbonyl (C=O) groups is 1. The highest BCUT2D eigenvalue weighted by molar-refractivity contribution is 5.98. The number of hydrogen-bond acceptors (Lipinski definition) is 5. The van der Waals surface area contributed by atoms with Gasteiger partial charge >= 0.3 is 5.97 Å². The van der Waals surface area contributed by atoms with Gasteiger partial charge in [-0.1, -0.05) is 0 Å². The van der Waals surface area contributed by atoms with Crippen molar-refractivity contribution in [3.8, 4) is 0 Å². The van der Waals surface area contributed by atoms with Crippen LogP contribution in [0.5, 0.6) is 0 Å². The molecule has 0 atom stereocenters. The lowest BCUT2D eigenvalue weighted by Crippen LogP contribution is -2.40. The topological polar surface area (TPSA) is 105 Å². The predicted molar refractivity (Wildman–Crippen MR) is 73.7 cm³/mol. The molecule has 0 fully saturated rings. The summed E-state index contributed by atoms with van der Waals surface area (Å²) < 4.78 is 0. The van der Waals surface area contributed by atoms with Crippen LogP contribution in [0.1, 0.15) is 13.8 Å². The zero-order valence-corrected chi connectivity index (χ0v) is 11.0. The lowest BCUT2D eigenvalue weighted by Gasteiger charge is -2.23. The summed E-state index contributed by atoms with van der Waals surface area (Å²) in [5.74, 6) is -1.02. The van der Waals surface area contributed by atoms with Crippen LogP contribution in [0.15, 0.2) is 30.5 Å². The number of anilines is 1. The van der Waals surface area contributed by atoms with Crippen molar-refractivity contribution in [2.45, 2.75) is 19.4 Å². The van der Waals surface area contributed by atoms with Gasteiger partial charge in [0.15, 0.2) is 0 Å². The van der Waals surface area contributed by atoms with Gasteiger partial charge < -0.3 is 10.4 Å². The summed E-state index contributed by atoms with van der Waals surface area (Å²) in [4.78, 5) is 25.6. The lowest BCUT2D eigenvalue weighted by atomic mass is 10.0. The number of nitrogens with zero attached hydrogens (tertiary/aromatic N) is 2. The molecule has 0 saturated heterocycles. The third-order valence-electron chi connectivity index (χ3n) is 2.93. The molecule has 0 spiro atoms. The predicted octanol–water partition coefficient (Wildman–Crippen LogP) is 2.42. The maximum Gasteiger partial charge on any atom is 0.328 e. The second-order valence-electron chi connectivity index (χ2n) is 4.84. The molecule has 1 heterocycles. The van der Waals surface area contributed by atoms with Crippen LogP contribution in [-0.2, 0) is 4.79 Å². The zero-order valence-electron chi connectivity index (χ0n) is 11.0. The van der Waals surface area contributed by atoms with Crippen molar-refractivity contribution >= 4 is 28.2 Å². The largest absolute Gasteiger partial charge is 0.480 e. The van der Waals surface area contributed by atoms with E-state index in [-0.39, 0.29) is 11.2 Å². The van der Waals surface area contributed by atoms with E-state index in [0.29, 0.717) is 11.1 Å². The van der Waals surface area contributed by atoms with Crippen LogP contribution in [0.25, 0.3) is 10.9 Å². The first kappa shape index (κ1) is 13.7. The highest BCUT2D eigenvalue weighted by atomic mass is 16.6. The Hall–Kier alpha value is -2.70. The molecular formula is C13H13N3O4. The van der Waals surface area contributed by atoms with Crippen LogP contribution in [0.4, 0.5) is 11.4 Å². The Balaban J connectivity index is 2.60. The SMILES string of the molecule is CC(C)(Nc1ccc([N+](=O)[O-])c2ncccc12)C(=O)O. The number of nitro benzene ring substituents is 1. The number of aromatic nitrogens is 1. The number of aliphatic carboxylic acids is 1. The van der Waals surface area contributed by atoms with Gasteiger partial charge in [0.2, 0.25) is 0 Å². The number of nitrogens with one attached hydrogen (secondary N) is 1. The monoisotopic (exact) mass is 275 g/mol. The Morgan fingerprint density at radius 3 is 2.70 bits per heavy atom. The number of hydrogen-bond donors (Lipinski definition) is 2. The molecule has 2 N–H and O–H groups in total. The first-order valence-electron chi connectivity index (χ1n) is 5.86. The van der Waals surface area contributed by atoms with Gasteiger partial charge in [0.05, 0.1) is 4.92 Å². The van der Waals surface area contributed by atoms with E-state index in [1.54, 1.807) is 12.1 Å². The van der Waals surface area contributed by atoms with E-state index in [0.717, 1.165) is 0 Å². The molecule has 7 heteroatoms. The Morgan fingerprint density at radius 1 is 1.40 bits per heavy atom. The minimum absolute atomic E-state index is 0.112. The molecule has 0 aliphatic rings. The van der Waals surface area contributed by atoms with Crippen LogP contribution in [-0.4, -0.2) is 26.5 Å². The Labute approximate surface area is 114 Å². The normalized spacial score (nSPS) is 11.3. The smallest absolute Gasteiger partial charge is 0.328 e. The molecule has 2 aromatic rings. The number of rotatable bonds is 4. The number of carboxylic acids is 1. The molecule has 0 aliphatic heterocycles. The summed E-state index contributed by atoms with van der Waals surface area (Å²) in [5, 5.41) is 23.5. The van der Waals surface area contributed by atoms with Gasteiger partial charge in [-0.05, 0) is 32.0 Å². The van der Waals surface area contributed by atoms with Gasteiger partial charge in [-0.3, -0.25) is 10.1 Å². The fraction of sp³-hybridized carbons (Fsp3) is 0.231. The number of nitro groups is 1. The number of pyridine rings is 1. The summed E-state index contributed by atoms with van der Waals surface area (Å²) >= 11 is 0. The van der Waals surface area contributed by atoms with Crippen LogP contribution in [0.2, 0.25) is 0 Å². The molecule has 0 amide bonds. The third-order valence-corrected chi connectivity index (χ3v) is 2.93. The molecule has 20 heavy (non-hydrogen) atoms. The summed E-state index contributed by atoms with van der Waals surface area (Å²) in [5.41, 5.74) is -0.590. The van der Waals surface area contributed by atoms with E-state index in [1.165, 1.54) is 32.2 Å². The fourth-order valence-electron chi connectivity index (χ4n) is 1.80. The van der Waals surface area contributed by atoms with Crippen LogP contribution >= 0.6 is 0 Å². The number of non-ortho nitro benzene ring substituents is 1. The molecule has 0 radical (unpaired) electrons. The van der Waals surface area contributed by atoms with Crippen molar-refractivity contribution in [1.82, 2.24) is 4.98 Å². The summed E-state index contributed by atoms with van der Waals surface area (Å²) in [6.45, 7) is 3.03. The first-order valence-corrected chi connectivity index (χ1v) is 5.86. The Kier molecular flexibility index (Phi) is 3.27. The molecule has 0 unspecified atom stereocenters. The number of fused-ring (bicyclic) bond motifs is 1. The Bertz CT molecular complexity index is 697. The van der Waals surface area contributed by atoms with Crippen molar-refractivity contribution in [2.75, 3.05) is 5.32 Å². The summed E-state index contributed by atoms with van der Waals surface area (Å²) in [6, 6.07) is 6.11. The van der Waals surface area contributed by atoms with Crippen molar-refractivity contribution in [3.05, 3.63) is 40.6 Å². The van der Waals surface area contributed by atoms with E-state index in [2.05, 4.69) is 10.3 Å². The van der Waals surface area contributed by atoms with Gasteiger partial charge in [-0.15, -0.1) is 0 Å². The van der Waals surface area contributed by atoms with Crippen molar-refractivity contribution < 1.29 is 14.8 Å². The molecule has 7 nitrogen and oxygen atoms in total. The molecule has 1 aromatic carbocycles. The molecule has 0 saturated carbocycles. The standard InChI is InChI=1S/C13H13N3O4/c1-13(2,12(17)18)15-9-5-6-10(16(19)20)11-8(9)4-3-7-14-11/h3-7,15H,1-2H3,(H,17,18). The highest BCUT2D eigenvalue weighted by Crippen LogP contribution is 2.31. The molecule has 0 aliphatic carbocycles. The van der Waals surface area contributed by atoms with E-state index in [4.69, 9.17) is 5.11 Å². The van der Waals surface area contributed by atoms with Crippen molar-refractivity contribution in [1.29, 1.82) is 0 Å². The lowest BCUT2D eigenvalue weighted by molar-refractivity contribution is -0.383. The zero-order chi connectivity index (χ0) is 14.9. The van der Waals surface area contributed by atoms with Gasteiger partial charge in [0, 0.05) is 23.3 Å². The average molecular weight is 275 g/mol. The van der Waals surface area contributed by atoms with Gasteiger partial charge in [0.25, 0.3) is 5.69 Å². The maximum absolute atomic E-state index is 11.2. The van der Waals surface area contributed by atoms with Crippen LogP contribution < -0.4 is 5.32 Å². The fourth-order valence-corrected chi connectivity index (χ4v) is 1.80. The number of benzene rings is 1. The summed E-state index contributed by atoms with van der Waals surface area (Å²) in [7, 11) is 0. The van der Waals surface area contributed by atoms with Crippen molar-refractivity contribution in [3.63, 3.8) is 0 Å². The van der Waals surface area contributed by atoms with E-state index < -0.39 is 16.4 Å². The summed E-state index contributed by atoms with van der Waals surface area (Å²) in [6.07, 6.45) is 1.46. The van der Waals surface area contributed by atoms with Gasteiger partial charge in [-0.2, -0.15) is 0 Å². The van der Waals surface area contributed by atoms with Gasteiger partial charge in [-0.25, -0.2) is 9.78 Å². The minimum Gasteiger partial charge on any atom is -0.480 e. The quantitative estimate of drug-likeness (QED) is 0.655. The highest BCUT2D eigenvalue weighted by Gasteiger charge is 2.28.